The molecule has 0 aliphatic carbocycles. The highest BCUT2D eigenvalue weighted by Gasteiger charge is 2.17. The molecule has 1 aromatic heterocycles. The van der Waals surface area contributed by atoms with E-state index in [-0.39, 0.29) is 24.5 Å². The van der Waals surface area contributed by atoms with Gasteiger partial charge in [-0.15, -0.1) is 0 Å². The van der Waals surface area contributed by atoms with E-state index in [4.69, 9.17) is 9.47 Å². The molecule has 1 atom stereocenters. The molecular formula is C23H24N4O4. The van der Waals surface area contributed by atoms with Crippen LogP contribution in [0.3, 0.4) is 0 Å². The van der Waals surface area contributed by atoms with E-state index >= 15 is 0 Å². The van der Waals surface area contributed by atoms with Crippen LogP contribution in [-0.4, -0.2) is 40.9 Å². The average molecular weight is 420 g/mol. The fourth-order valence-corrected chi connectivity index (χ4v) is 3.31. The van der Waals surface area contributed by atoms with Gasteiger partial charge in [0.25, 0.3) is 5.91 Å². The number of carbonyl (C=O) groups excluding carboxylic acids is 2. The molecule has 1 aliphatic rings. The van der Waals surface area contributed by atoms with Crippen molar-refractivity contribution in [2.75, 3.05) is 18.5 Å². The minimum atomic E-state index is -0.258. The van der Waals surface area contributed by atoms with Gasteiger partial charge >= 0.3 is 0 Å². The molecule has 0 saturated carbocycles. The highest BCUT2D eigenvalue weighted by molar-refractivity contribution is 5.97. The molecule has 3 aromatic rings. The Labute approximate surface area is 180 Å². The van der Waals surface area contributed by atoms with Gasteiger partial charge in [-0.3, -0.25) is 14.3 Å². The monoisotopic (exact) mass is 420 g/mol. The van der Waals surface area contributed by atoms with E-state index in [0.29, 0.717) is 29.3 Å². The molecule has 4 rings (SSSR count). The van der Waals surface area contributed by atoms with Gasteiger partial charge in [-0.2, -0.15) is 5.10 Å². The van der Waals surface area contributed by atoms with Crippen LogP contribution in [0.2, 0.25) is 0 Å². The zero-order valence-electron chi connectivity index (χ0n) is 17.0. The zero-order valence-corrected chi connectivity index (χ0v) is 17.0. The number of benzene rings is 2. The molecule has 1 fully saturated rings. The Hall–Kier alpha value is -3.65. The van der Waals surface area contributed by atoms with E-state index < -0.39 is 0 Å². The normalized spacial score (nSPS) is 15.4. The summed E-state index contributed by atoms with van der Waals surface area (Å²) < 4.78 is 12.7. The number of para-hydroxylation sites is 1. The third-order valence-corrected chi connectivity index (χ3v) is 4.82. The summed E-state index contributed by atoms with van der Waals surface area (Å²) in [4.78, 5) is 24.8. The van der Waals surface area contributed by atoms with Gasteiger partial charge in [-0.25, -0.2) is 0 Å². The number of amides is 2. The molecule has 0 radical (unpaired) electrons. The standard InChI is InChI=1S/C23H24N4O4/c28-22(16-27-15-21(14-25-27)31-19-8-2-1-3-9-19)26-18-7-4-6-17(12-18)23(29)24-13-20-10-5-11-30-20/h1-4,6-9,12,14-15,20H,5,10-11,13,16H2,(H,24,29)(H,26,28). The SMILES string of the molecule is O=C(Cn1cc(Oc2ccccc2)cn1)Nc1cccc(C(=O)NCC2CCCO2)c1. The van der Waals surface area contributed by atoms with Crippen molar-refractivity contribution in [3.63, 3.8) is 0 Å². The maximum Gasteiger partial charge on any atom is 0.251 e. The zero-order chi connectivity index (χ0) is 21.5. The third-order valence-electron chi connectivity index (χ3n) is 4.82. The highest BCUT2D eigenvalue weighted by atomic mass is 16.5. The van der Waals surface area contributed by atoms with E-state index in [9.17, 15) is 9.59 Å². The molecule has 1 unspecified atom stereocenters. The van der Waals surface area contributed by atoms with Crippen molar-refractivity contribution < 1.29 is 19.1 Å². The van der Waals surface area contributed by atoms with Gasteiger partial charge in [0.15, 0.2) is 5.75 Å². The molecule has 31 heavy (non-hydrogen) atoms. The van der Waals surface area contributed by atoms with Crippen molar-refractivity contribution in [3.8, 4) is 11.5 Å². The predicted molar refractivity (Wildman–Crippen MR) is 115 cm³/mol. The fourth-order valence-electron chi connectivity index (χ4n) is 3.31. The molecule has 2 N–H and O–H groups in total. The second-order valence-corrected chi connectivity index (χ2v) is 7.26. The molecule has 8 heteroatoms. The molecule has 2 amide bonds. The number of nitrogens with one attached hydrogen (secondary N) is 2. The number of hydrogen-bond donors (Lipinski definition) is 2. The number of ether oxygens (including phenoxy) is 2. The minimum Gasteiger partial charge on any atom is -0.454 e. The fraction of sp³-hybridized carbons (Fsp3) is 0.261. The predicted octanol–water partition coefficient (Wildman–Crippen LogP) is 3.22. The smallest absolute Gasteiger partial charge is 0.251 e. The quantitative estimate of drug-likeness (QED) is 0.584. The maximum absolute atomic E-state index is 12.4. The molecule has 2 aromatic carbocycles. The van der Waals surface area contributed by atoms with Crippen molar-refractivity contribution in [3.05, 3.63) is 72.6 Å². The Morgan fingerprint density at radius 2 is 2.00 bits per heavy atom. The summed E-state index contributed by atoms with van der Waals surface area (Å²) in [6.07, 6.45) is 5.28. The summed E-state index contributed by atoms with van der Waals surface area (Å²) in [6.45, 7) is 1.26. The number of aromatic nitrogens is 2. The molecule has 8 nitrogen and oxygen atoms in total. The van der Waals surface area contributed by atoms with Crippen LogP contribution in [-0.2, 0) is 16.1 Å². The molecule has 0 bridgehead atoms. The van der Waals surface area contributed by atoms with E-state index in [0.717, 1.165) is 19.4 Å². The van der Waals surface area contributed by atoms with Gasteiger partial charge in [0.2, 0.25) is 5.91 Å². The second-order valence-electron chi connectivity index (χ2n) is 7.26. The summed E-state index contributed by atoms with van der Waals surface area (Å²) >= 11 is 0. The first kappa shape index (κ1) is 20.6. The van der Waals surface area contributed by atoms with E-state index in [1.54, 1.807) is 36.7 Å². The van der Waals surface area contributed by atoms with Crippen LogP contribution in [0.25, 0.3) is 0 Å². The molecule has 1 saturated heterocycles. The Morgan fingerprint density at radius 1 is 1.13 bits per heavy atom. The largest absolute Gasteiger partial charge is 0.454 e. The van der Waals surface area contributed by atoms with Crippen LogP contribution >= 0.6 is 0 Å². The van der Waals surface area contributed by atoms with Gasteiger partial charge in [-0.1, -0.05) is 24.3 Å². The van der Waals surface area contributed by atoms with Crippen LogP contribution in [0.5, 0.6) is 11.5 Å². The van der Waals surface area contributed by atoms with Crippen molar-refractivity contribution in [2.24, 2.45) is 0 Å². The molecule has 1 aliphatic heterocycles. The second kappa shape index (κ2) is 9.90. The van der Waals surface area contributed by atoms with Gasteiger partial charge < -0.3 is 20.1 Å². The minimum absolute atomic E-state index is 0.0214. The summed E-state index contributed by atoms with van der Waals surface area (Å²) in [7, 11) is 0. The van der Waals surface area contributed by atoms with Crippen molar-refractivity contribution >= 4 is 17.5 Å². The van der Waals surface area contributed by atoms with Crippen LogP contribution in [0, 0.1) is 0 Å². The first-order valence-electron chi connectivity index (χ1n) is 10.2. The lowest BCUT2D eigenvalue weighted by molar-refractivity contribution is -0.116. The first-order valence-corrected chi connectivity index (χ1v) is 10.2. The number of anilines is 1. The Morgan fingerprint density at radius 3 is 2.81 bits per heavy atom. The lowest BCUT2D eigenvalue weighted by atomic mass is 10.1. The van der Waals surface area contributed by atoms with Gasteiger partial charge in [0.1, 0.15) is 12.3 Å². The van der Waals surface area contributed by atoms with Gasteiger partial charge in [0.05, 0.1) is 18.5 Å². The van der Waals surface area contributed by atoms with Crippen LogP contribution < -0.4 is 15.4 Å². The number of rotatable bonds is 8. The van der Waals surface area contributed by atoms with Crippen molar-refractivity contribution in [1.82, 2.24) is 15.1 Å². The highest BCUT2D eigenvalue weighted by Crippen LogP contribution is 2.20. The number of nitrogens with zero attached hydrogens (tertiary/aromatic N) is 2. The number of carbonyl (C=O) groups is 2. The van der Waals surface area contributed by atoms with Crippen LogP contribution in [0.4, 0.5) is 5.69 Å². The Kier molecular flexibility index (Phi) is 6.59. The maximum atomic E-state index is 12.4. The summed E-state index contributed by atoms with van der Waals surface area (Å²) in [5, 5.41) is 9.83. The third kappa shape index (κ3) is 5.93. The van der Waals surface area contributed by atoms with Gasteiger partial charge in [-0.05, 0) is 43.2 Å². The van der Waals surface area contributed by atoms with E-state index in [1.165, 1.54) is 4.68 Å². The van der Waals surface area contributed by atoms with Crippen LogP contribution in [0.15, 0.2) is 67.0 Å². The van der Waals surface area contributed by atoms with E-state index in [2.05, 4.69) is 15.7 Å². The first-order chi connectivity index (χ1) is 15.2. The summed E-state index contributed by atoms with van der Waals surface area (Å²) in [6, 6.07) is 16.2. The molecule has 160 valence electrons. The van der Waals surface area contributed by atoms with Crippen molar-refractivity contribution in [2.45, 2.75) is 25.5 Å². The lowest BCUT2D eigenvalue weighted by Gasteiger charge is -2.11. The van der Waals surface area contributed by atoms with Crippen LogP contribution in [0.1, 0.15) is 23.2 Å². The molecule has 0 spiro atoms. The lowest BCUT2D eigenvalue weighted by Crippen LogP contribution is -2.31. The summed E-state index contributed by atoms with van der Waals surface area (Å²) in [5.41, 5.74) is 1.02. The topological polar surface area (TPSA) is 94.5 Å². The van der Waals surface area contributed by atoms with E-state index in [1.807, 2.05) is 30.3 Å². The van der Waals surface area contributed by atoms with Gasteiger partial charge in [0, 0.05) is 24.4 Å². The summed E-state index contributed by atoms with van der Waals surface area (Å²) in [5.74, 6) is 0.789. The Balaban J connectivity index is 1.29. The molecule has 2 heterocycles. The average Bonchev–Trinajstić information content (AvgIpc) is 3.45. The van der Waals surface area contributed by atoms with Crippen molar-refractivity contribution in [1.29, 1.82) is 0 Å². The number of hydrogen-bond acceptors (Lipinski definition) is 5. The Bertz CT molecular complexity index is 1030. The molecular weight excluding hydrogens is 396 g/mol.